The summed E-state index contributed by atoms with van der Waals surface area (Å²) in [5.41, 5.74) is -0.0158. The molecule has 4 rings (SSSR count). The molecule has 4 nitrogen and oxygen atoms in total. The average Bonchev–Trinajstić information content (AvgIpc) is 3.12. The van der Waals surface area contributed by atoms with Crippen molar-refractivity contribution < 1.29 is 14.7 Å². The molecule has 1 spiro atoms. The monoisotopic (exact) mass is 359 g/mol. The van der Waals surface area contributed by atoms with Crippen LogP contribution in [0.25, 0.3) is 0 Å². The van der Waals surface area contributed by atoms with Crippen LogP contribution >= 0.6 is 11.8 Å². The summed E-state index contributed by atoms with van der Waals surface area (Å²) < 4.78 is -0.318. The van der Waals surface area contributed by atoms with Crippen molar-refractivity contribution in [1.82, 2.24) is 4.90 Å². The molecule has 1 heterocycles. The van der Waals surface area contributed by atoms with Crippen LogP contribution in [-0.4, -0.2) is 39.7 Å². The van der Waals surface area contributed by atoms with Gasteiger partial charge < -0.3 is 10.0 Å². The van der Waals surface area contributed by atoms with Crippen molar-refractivity contribution in [3.05, 3.63) is 30.3 Å². The van der Waals surface area contributed by atoms with Crippen molar-refractivity contribution in [2.75, 3.05) is 13.1 Å². The van der Waals surface area contributed by atoms with Crippen LogP contribution in [0.15, 0.2) is 35.2 Å². The van der Waals surface area contributed by atoms with Gasteiger partial charge in [0.15, 0.2) is 0 Å². The fourth-order valence-electron chi connectivity index (χ4n) is 4.71. The zero-order valence-electron chi connectivity index (χ0n) is 14.4. The Morgan fingerprint density at radius 1 is 1.04 bits per heavy atom. The van der Waals surface area contributed by atoms with Crippen molar-refractivity contribution in [2.24, 2.45) is 11.3 Å². The Balaban J connectivity index is 1.45. The Bertz CT molecular complexity index is 661. The van der Waals surface area contributed by atoms with E-state index in [0.29, 0.717) is 0 Å². The smallest absolute Gasteiger partial charge is 0.307 e. The van der Waals surface area contributed by atoms with E-state index < -0.39 is 5.97 Å². The van der Waals surface area contributed by atoms with Gasteiger partial charge in [-0.15, -0.1) is 11.8 Å². The van der Waals surface area contributed by atoms with E-state index in [9.17, 15) is 14.7 Å². The summed E-state index contributed by atoms with van der Waals surface area (Å²) in [5.74, 6) is -0.559. The minimum atomic E-state index is -0.660. The summed E-state index contributed by atoms with van der Waals surface area (Å²) in [5, 5.41) is 9.24. The summed E-state index contributed by atoms with van der Waals surface area (Å²) in [6, 6.07) is 10.2. The Labute approximate surface area is 153 Å². The van der Waals surface area contributed by atoms with Gasteiger partial charge >= 0.3 is 5.97 Å². The van der Waals surface area contributed by atoms with Gasteiger partial charge in [0.25, 0.3) is 0 Å². The van der Waals surface area contributed by atoms with E-state index in [1.165, 1.54) is 4.90 Å². The van der Waals surface area contributed by atoms with Crippen LogP contribution in [0.1, 0.15) is 44.9 Å². The van der Waals surface area contributed by atoms with Crippen molar-refractivity contribution in [2.45, 2.75) is 54.6 Å². The third-order valence-corrected chi connectivity index (χ3v) is 7.87. The molecule has 1 aromatic rings. The number of carbonyl (C=O) groups is 2. The minimum Gasteiger partial charge on any atom is -0.481 e. The molecule has 1 aromatic carbocycles. The standard InChI is InChI=1S/C20H25NO3S/c22-17(23)16-14-19(16)10-12-21(13-11-19)18(24)20(8-4-5-9-20)25-15-6-2-1-3-7-15/h1-3,6-7,16H,4-5,8-14H2,(H,22,23). The molecule has 1 N–H and O–H groups in total. The highest BCUT2D eigenvalue weighted by atomic mass is 32.2. The van der Waals surface area contributed by atoms with E-state index in [0.717, 1.165) is 58.0 Å². The van der Waals surface area contributed by atoms with Gasteiger partial charge in [-0.3, -0.25) is 9.59 Å². The van der Waals surface area contributed by atoms with Gasteiger partial charge in [0.1, 0.15) is 0 Å². The van der Waals surface area contributed by atoms with Gasteiger partial charge in [0.2, 0.25) is 5.91 Å². The summed E-state index contributed by atoms with van der Waals surface area (Å²) in [7, 11) is 0. The lowest BCUT2D eigenvalue weighted by atomic mass is 9.90. The van der Waals surface area contributed by atoms with Crippen LogP contribution in [0.4, 0.5) is 0 Å². The quantitative estimate of drug-likeness (QED) is 0.888. The zero-order chi connectivity index (χ0) is 17.5. The number of piperidine rings is 1. The first-order chi connectivity index (χ1) is 12.0. The molecule has 25 heavy (non-hydrogen) atoms. The highest BCUT2D eigenvalue weighted by Crippen LogP contribution is 2.59. The van der Waals surface area contributed by atoms with Crippen LogP contribution in [0.3, 0.4) is 0 Å². The van der Waals surface area contributed by atoms with Crippen molar-refractivity contribution in [3.8, 4) is 0 Å². The lowest BCUT2D eigenvalue weighted by molar-refractivity contribution is -0.140. The first kappa shape index (κ1) is 17.0. The minimum absolute atomic E-state index is 0.0158. The number of amides is 1. The molecule has 1 aliphatic heterocycles. The number of aliphatic carboxylic acids is 1. The van der Waals surface area contributed by atoms with E-state index in [1.54, 1.807) is 11.8 Å². The van der Waals surface area contributed by atoms with Crippen LogP contribution in [0, 0.1) is 11.3 Å². The van der Waals surface area contributed by atoms with Gasteiger partial charge in [0, 0.05) is 18.0 Å². The molecule has 2 aliphatic carbocycles. The lowest BCUT2D eigenvalue weighted by Gasteiger charge is -2.38. The molecule has 5 heteroatoms. The van der Waals surface area contributed by atoms with Crippen LogP contribution in [0.2, 0.25) is 0 Å². The highest BCUT2D eigenvalue weighted by molar-refractivity contribution is 8.01. The van der Waals surface area contributed by atoms with E-state index in [-0.39, 0.29) is 22.0 Å². The molecular formula is C20H25NO3S. The number of benzene rings is 1. The maximum atomic E-state index is 13.4. The molecule has 1 amide bonds. The number of thioether (sulfide) groups is 1. The molecule has 0 bridgehead atoms. The number of nitrogens with zero attached hydrogens (tertiary/aromatic N) is 1. The normalized spacial score (nSPS) is 26.6. The molecule has 1 saturated heterocycles. The number of carboxylic acid groups (broad SMARTS) is 1. The summed E-state index contributed by atoms with van der Waals surface area (Å²) >= 11 is 1.74. The van der Waals surface area contributed by atoms with Crippen LogP contribution in [0.5, 0.6) is 0 Å². The van der Waals surface area contributed by atoms with Gasteiger partial charge in [-0.05, 0) is 49.7 Å². The maximum absolute atomic E-state index is 13.4. The number of hydrogen-bond donors (Lipinski definition) is 1. The molecule has 0 radical (unpaired) electrons. The number of carboxylic acids is 1. The average molecular weight is 359 g/mol. The lowest BCUT2D eigenvalue weighted by Crippen LogP contribution is -2.49. The molecule has 134 valence electrons. The number of carbonyl (C=O) groups excluding carboxylic acids is 1. The Kier molecular flexibility index (Phi) is 4.30. The second kappa shape index (κ2) is 6.35. The topological polar surface area (TPSA) is 57.6 Å². The van der Waals surface area contributed by atoms with Crippen LogP contribution in [-0.2, 0) is 9.59 Å². The van der Waals surface area contributed by atoms with Crippen molar-refractivity contribution in [3.63, 3.8) is 0 Å². The zero-order valence-corrected chi connectivity index (χ0v) is 15.3. The largest absolute Gasteiger partial charge is 0.481 e. The first-order valence-corrected chi connectivity index (χ1v) is 10.1. The number of likely N-dealkylation sites (tertiary alicyclic amines) is 1. The van der Waals surface area contributed by atoms with E-state index >= 15 is 0 Å². The summed E-state index contributed by atoms with van der Waals surface area (Å²) in [6.45, 7) is 1.44. The van der Waals surface area contributed by atoms with Crippen molar-refractivity contribution in [1.29, 1.82) is 0 Å². The predicted molar refractivity (Wildman–Crippen MR) is 97.5 cm³/mol. The number of rotatable bonds is 4. The molecule has 1 unspecified atom stereocenters. The Morgan fingerprint density at radius 3 is 2.24 bits per heavy atom. The van der Waals surface area contributed by atoms with Crippen LogP contribution < -0.4 is 0 Å². The maximum Gasteiger partial charge on any atom is 0.307 e. The number of hydrogen-bond acceptors (Lipinski definition) is 3. The van der Waals surface area contributed by atoms with E-state index in [4.69, 9.17) is 0 Å². The third kappa shape index (κ3) is 3.07. The summed E-state index contributed by atoms with van der Waals surface area (Å²) in [6.07, 6.45) is 6.63. The van der Waals surface area contributed by atoms with Gasteiger partial charge in [0.05, 0.1) is 10.7 Å². The van der Waals surface area contributed by atoms with Gasteiger partial charge in [-0.25, -0.2) is 0 Å². The fraction of sp³-hybridized carbons (Fsp3) is 0.600. The SMILES string of the molecule is O=C(O)C1CC12CCN(C(=O)C1(Sc3ccccc3)CCCC1)CC2. The van der Waals surface area contributed by atoms with Crippen molar-refractivity contribution >= 4 is 23.6 Å². The Morgan fingerprint density at radius 2 is 1.68 bits per heavy atom. The molecule has 1 atom stereocenters. The van der Waals surface area contributed by atoms with E-state index in [2.05, 4.69) is 12.1 Å². The third-order valence-electron chi connectivity index (χ3n) is 6.39. The molecule has 3 fully saturated rings. The van der Waals surface area contributed by atoms with E-state index in [1.807, 2.05) is 23.1 Å². The second-order valence-electron chi connectivity index (χ2n) is 7.87. The van der Waals surface area contributed by atoms with Gasteiger partial charge in [-0.2, -0.15) is 0 Å². The van der Waals surface area contributed by atoms with Gasteiger partial charge in [-0.1, -0.05) is 31.0 Å². The highest BCUT2D eigenvalue weighted by Gasteiger charge is 2.59. The fourth-order valence-corrected chi connectivity index (χ4v) is 6.17. The molecule has 2 saturated carbocycles. The second-order valence-corrected chi connectivity index (χ2v) is 9.32. The first-order valence-electron chi connectivity index (χ1n) is 9.31. The molecule has 0 aromatic heterocycles. The molecular weight excluding hydrogens is 334 g/mol. The molecule has 3 aliphatic rings. The predicted octanol–water partition coefficient (Wildman–Crippen LogP) is 3.80. The Hall–Kier alpha value is -1.49. The summed E-state index contributed by atoms with van der Waals surface area (Å²) in [4.78, 5) is 27.8.